The standard InChI is InChI=1S/C14H26N6/c1-11(2)9-16-14(15-3)17-10-13-19-18-12-7-5-4-6-8-20(12)13/h11H,4-10H2,1-3H3,(H2,15,16,17). The summed E-state index contributed by atoms with van der Waals surface area (Å²) < 4.78 is 2.26. The SMILES string of the molecule is CN=C(NCc1nnc2n1CCCCC2)NCC(C)C. The minimum Gasteiger partial charge on any atom is -0.356 e. The first-order chi connectivity index (χ1) is 9.70. The van der Waals surface area contributed by atoms with Crippen LogP contribution in [0, 0.1) is 5.92 Å². The van der Waals surface area contributed by atoms with Crippen LogP contribution in [0.4, 0.5) is 0 Å². The molecule has 6 nitrogen and oxygen atoms in total. The van der Waals surface area contributed by atoms with Gasteiger partial charge in [0.1, 0.15) is 5.82 Å². The molecule has 0 saturated carbocycles. The minimum atomic E-state index is 0.595. The average Bonchev–Trinajstić information content (AvgIpc) is 2.67. The van der Waals surface area contributed by atoms with Gasteiger partial charge in [0, 0.05) is 26.6 Å². The van der Waals surface area contributed by atoms with Gasteiger partial charge in [0.25, 0.3) is 0 Å². The van der Waals surface area contributed by atoms with Crippen molar-refractivity contribution in [1.29, 1.82) is 0 Å². The van der Waals surface area contributed by atoms with Gasteiger partial charge in [0.05, 0.1) is 6.54 Å². The zero-order valence-electron chi connectivity index (χ0n) is 12.8. The fourth-order valence-electron chi connectivity index (χ4n) is 2.36. The van der Waals surface area contributed by atoms with Crippen molar-refractivity contribution >= 4 is 5.96 Å². The highest BCUT2D eigenvalue weighted by Crippen LogP contribution is 2.14. The Morgan fingerprint density at radius 3 is 2.85 bits per heavy atom. The van der Waals surface area contributed by atoms with Gasteiger partial charge in [-0.15, -0.1) is 10.2 Å². The van der Waals surface area contributed by atoms with Crippen LogP contribution in [0.3, 0.4) is 0 Å². The lowest BCUT2D eigenvalue weighted by Gasteiger charge is -2.13. The fourth-order valence-corrected chi connectivity index (χ4v) is 2.36. The zero-order chi connectivity index (χ0) is 14.4. The normalized spacial score (nSPS) is 15.9. The molecule has 0 fully saturated rings. The molecule has 1 aliphatic rings. The molecule has 112 valence electrons. The van der Waals surface area contributed by atoms with Crippen molar-refractivity contribution in [2.75, 3.05) is 13.6 Å². The Morgan fingerprint density at radius 2 is 2.10 bits per heavy atom. The molecule has 0 bridgehead atoms. The van der Waals surface area contributed by atoms with E-state index >= 15 is 0 Å². The smallest absolute Gasteiger partial charge is 0.191 e. The predicted molar refractivity (Wildman–Crippen MR) is 80.6 cm³/mol. The molecule has 1 aromatic rings. The van der Waals surface area contributed by atoms with E-state index in [1.807, 2.05) is 0 Å². The first-order valence-electron chi connectivity index (χ1n) is 7.56. The van der Waals surface area contributed by atoms with Gasteiger partial charge in [-0.1, -0.05) is 20.3 Å². The second-order valence-corrected chi connectivity index (χ2v) is 5.70. The van der Waals surface area contributed by atoms with Gasteiger partial charge in [0.2, 0.25) is 0 Å². The van der Waals surface area contributed by atoms with Crippen molar-refractivity contribution in [3.05, 3.63) is 11.6 Å². The number of guanidine groups is 1. The summed E-state index contributed by atoms with van der Waals surface area (Å²) in [6, 6.07) is 0. The third-order valence-corrected chi connectivity index (χ3v) is 3.50. The highest BCUT2D eigenvalue weighted by atomic mass is 15.3. The van der Waals surface area contributed by atoms with E-state index in [2.05, 4.69) is 44.2 Å². The molecule has 2 heterocycles. The van der Waals surface area contributed by atoms with E-state index in [1.54, 1.807) is 7.05 Å². The molecule has 0 aliphatic carbocycles. The highest BCUT2D eigenvalue weighted by molar-refractivity contribution is 5.79. The molecule has 1 aliphatic heterocycles. The molecular formula is C14H26N6. The summed E-state index contributed by atoms with van der Waals surface area (Å²) >= 11 is 0. The topological polar surface area (TPSA) is 67.1 Å². The van der Waals surface area contributed by atoms with Crippen LogP contribution in [0.25, 0.3) is 0 Å². The third-order valence-electron chi connectivity index (χ3n) is 3.50. The number of nitrogens with one attached hydrogen (secondary N) is 2. The van der Waals surface area contributed by atoms with Gasteiger partial charge in [0.15, 0.2) is 11.8 Å². The Kier molecular flexibility index (Phi) is 5.38. The number of aliphatic imine (C=N–C) groups is 1. The van der Waals surface area contributed by atoms with Crippen molar-refractivity contribution in [2.24, 2.45) is 10.9 Å². The quantitative estimate of drug-likeness (QED) is 0.644. The van der Waals surface area contributed by atoms with E-state index in [9.17, 15) is 0 Å². The van der Waals surface area contributed by atoms with E-state index in [1.165, 1.54) is 19.3 Å². The Bertz CT molecular complexity index is 449. The summed E-state index contributed by atoms with van der Waals surface area (Å²) in [5, 5.41) is 15.2. The van der Waals surface area contributed by atoms with Crippen LogP contribution >= 0.6 is 0 Å². The number of hydrogen-bond acceptors (Lipinski definition) is 3. The lowest BCUT2D eigenvalue weighted by Crippen LogP contribution is -2.39. The monoisotopic (exact) mass is 278 g/mol. The molecular weight excluding hydrogens is 252 g/mol. The van der Waals surface area contributed by atoms with Crippen molar-refractivity contribution in [2.45, 2.75) is 52.6 Å². The third kappa shape index (κ3) is 3.95. The molecule has 0 radical (unpaired) electrons. The lowest BCUT2D eigenvalue weighted by atomic mass is 10.2. The van der Waals surface area contributed by atoms with E-state index in [4.69, 9.17) is 0 Å². The molecule has 0 amide bonds. The fraction of sp³-hybridized carbons (Fsp3) is 0.786. The lowest BCUT2D eigenvalue weighted by molar-refractivity contribution is 0.589. The van der Waals surface area contributed by atoms with Crippen LogP contribution in [0.2, 0.25) is 0 Å². The Morgan fingerprint density at radius 1 is 1.25 bits per heavy atom. The summed E-state index contributed by atoms with van der Waals surface area (Å²) in [4.78, 5) is 4.23. The molecule has 0 unspecified atom stereocenters. The first-order valence-corrected chi connectivity index (χ1v) is 7.56. The summed E-state index contributed by atoms with van der Waals surface area (Å²) in [7, 11) is 1.79. The van der Waals surface area contributed by atoms with Gasteiger partial charge >= 0.3 is 0 Å². The Hall–Kier alpha value is -1.59. The second kappa shape index (κ2) is 7.26. The molecule has 0 saturated heterocycles. The molecule has 6 heteroatoms. The Labute approximate surface area is 121 Å². The molecule has 20 heavy (non-hydrogen) atoms. The van der Waals surface area contributed by atoms with Gasteiger partial charge in [-0.05, 0) is 18.8 Å². The summed E-state index contributed by atoms with van der Waals surface area (Å²) in [6.07, 6.45) is 4.78. The van der Waals surface area contributed by atoms with E-state index in [0.717, 1.165) is 37.1 Å². The second-order valence-electron chi connectivity index (χ2n) is 5.70. The van der Waals surface area contributed by atoms with Crippen LogP contribution in [0.1, 0.15) is 44.8 Å². The van der Waals surface area contributed by atoms with Crippen LogP contribution < -0.4 is 10.6 Å². The molecule has 0 aromatic carbocycles. The van der Waals surface area contributed by atoms with Crippen LogP contribution in [0.15, 0.2) is 4.99 Å². The highest BCUT2D eigenvalue weighted by Gasteiger charge is 2.14. The maximum absolute atomic E-state index is 4.31. The van der Waals surface area contributed by atoms with E-state index in [-0.39, 0.29) is 0 Å². The zero-order valence-corrected chi connectivity index (χ0v) is 12.8. The van der Waals surface area contributed by atoms with Gasteiger partial charge in [-0.2, -0.15) is 0 Å². The summed E-state index contributed by atoms with van der Waals surface area (Å²) in [6.45, 7) is 6.98. The van der Waals surface area contributed by atoms with Crippen molar-refractivity contribution in [1.82, 2.24) is 25.4 Å². The van der Waals surface area contributed by atoms with Crippen molar-refractivity contribution in [3.63, 3.8) is 0 Å². The summed E-state index contributed by atoms with van der Waals surface area (Å²) in [5.74, 6) is 3.56. The van der Waals surface area contributed by atoms with Crippen molar-refractivity contribution < 1.29 is 0 Å². The summed E-state index contributed by atoms with van der Waals surface area (Å²) in [5.41, 5.74) is 0. The van der Waals surface area contributed by atoms with Crippen LogP contribution in [-0.2, 0) is 19.5 Å². The van der Waals surface area contributed by atoms with Crippen LogP contribution in [-0.4, -0.2) is 34.3 Å². The van der Waals surface area contributed by atoms with E-state index in [0.29, 0.717) is 12.5 Å². The minimum absolute atomic E-state index is 0.595. The maximum atomic E-state index is 4.31. The first kappa shape index (κ1) is 14.8. The van der Waals surface area contributed by atoms with Crippen molar-refractivity contribution in [3.8, 4) is 0 Å². The number of rotatable bonds is 4. The molecule has 2 rings (SSSR count). The number of aryl methyl sites for hydroxylation is 1. The van der Waals surface area contributed by atoms with Gasteiger partial charge in [-0.25, -0.2) is 0 Å². The number of nitrogens with zero attached hydrogens (tertiary/aromatic N) is 4. The molecule has 0 atom stereocenters. The Balaban J connectivity index is 1.91. The predicted octanol–water partition coefficient (Wildman–Crippen LogP) is 1.33. The maximum Gasteiger partial charge on any atom is 0.191 e. The van der Waals surface area contributed by atoms with Gasteiger partial charge in [-0.3, -0.25) is 4.99 Å². The average molecular weight is 278 g/mol. The number of aromatic nitrogens is 3. The number of fused-ring (bicyclic) bond motifs is 1. The molecule has 1 aromatic heterocycles. The molecule has 0 spiro atoms. The molecule has 2 N–H and O–H groups in total. The largest absolute Gasteiger partial charge is 0.356 e. The van der Waals surface area contributed by atoms with Crippen LogP contribution in [0.5, 0.6) is 0 Å². The van der Waals surface area contributed by atoms with E-state index < -0.39 is 0 Å². The van der Waals surface area contributed by atoms with Gasteiger partial charge < -0.3 is 15.2 Å². The number of hydrogen-bond donors (Lipinski definition) is 2.